The number of thiophene rings is 1. The van der Waals surface area contributed by atoms with Crippen LogP contribution >= 0.6 is 11.3 Å². The number of nitrogens with one attached hydrogen (secondary N) is 2. The molecule has 0 radical (unpaired) electrons. The van der Waals surface area contributed by atoms with Crippen LogP contribution in [0.5, 0.6) is 0 Å². The van der Waals surface area contributed by atoms with Crippen LogP contribution in [0.2, 0.25) is 0 Å². The number of fused-ring (bicyclic) bond motifs is 3. The molecule has 1 aromatic carbocycles. The molecule has 2 atom stereocenters. The first-order valence-corrected chi connectivity index (χ1v) is 11.5. The lowest BCUT2D eigenvalue weighted by Crippen LogP contribution is -2.55. The Hall–Kier alpha value is -2.71. The zero-order valence-corrected chi connectivity index (χ0v) is 18.6. The van der Waals surface area contributed by atoms with Crippen LogP contribution in [-0.2, 0) is 4.79 Å². The molecule has 0 aliphatic carbocycles. The van der Waals surface area contributed by atoms with Crippen LogP contribution in [0.1, 0.15) is 48.2 Å². The maximum atomic E-state index is 13.0. The van der Waals surface area contributed by atoms with E-state index in [1.807, 2.05) is 6.07 Å². The first-order valence-electron chi connectivity index (χ1n) is 10.6. The van der Waals surface area contributed by atoms with Gasteiger partial charge in [-0.2, -0.15) is 5.10 Å². The van der Waals surface area contributed by atoms with Gasteiger partial charge in [0.15, 0.2) is 5.69 Å². The van der Waals surface area contributed by atoms with Crippen molar-refractivity contribution in [2.45, 2.75) is 57.2 Å². The minimum atomic E-state index is -0.250. The van der Waals surface area contributed by atoms with E-state index < -0.39 is 0 Å². The van der Waals surface area contributed by atoms with E-state index in [1.165, 1.54) is 29.7 Å². The molecule has 8 heteroatoms. The molecule has 2 aliphatic heterocycles. The Morgan fingerprint density at radius 3 is 2.65 bits per heavy atom. The highest BCUT2D eigenvalue weighted by atomic mass is 32.1. The van der Waals surface area contributed by atoms with Gasteiger partial charge in [0.1, 0.15) is 0 Å². The topological polar surface area (TPSA) is 98.3 Å². The Morgan fingerprint density at radius 1 is 1.29 bits per heavy atom. The normalized spacial score (nSPS) is 23.1. The smallest absolute Gasteiger partial charge is 0.290 e. The minimum Gasteiger partial charge on any atom is -0.483 e. The predicted octanol–water partition coefficient (Wildman–Crippen LogP) is 4.05. The molecule has 2 bridgehead atoms. The van der Waals surface area contributed by atoms with Gasteiger partial charge in [0.05, 0.1) is 5.52 Å². The molecule has 5 rings (SSSR count). The summed E-state index contributed by atoms with van der Waals surface area (Å²) in [6.07, 6.45) is 5.89. The number of carbonyl (C=O) groups is 2. The number of carboxylic acid groups (broad SMARTS) is 1. The van der Waals surface area contributed by atoms with E-state index in [1.54, 1.807) is 11.3 Å². The molecule has 0 saturated carbocycles. The van der Waals surface area contributed by atoms with Gasteiger partial charge in [-0.25, -0.2) is 0 Å². The maximum Gasteiger partial charge on any atom is 0.290 e. The number of hydrogen-bond donors (Lipinski definition) is 3. The van der Waals surface area contributed by atoms with E-state index in [0.29, 0.717) is 17.8 Å². The van der Waals surface area contributed by atoms with Crippen molar-refractivity contribution >= 4 is 34.6 Å². The zero-order valence-electron chi connectivity index (χ0n) is 17.8. The fourth-order valence-electron chi connectivity index (χ4n) is 4.91. The van der Waals surface area contributed by atoms with Crippen LogP contribution in [0.15, 0.2) is 29.6 Å². The molecular weight excluding hydrogens is 412 g/mol. The van der Waals surface area contributed by atoms with Crippen molar-refractivity contribution in [2.24, 2.45) is 0 Å². The summed E-state index contributed by atoms with van der Waals surface area (Å²) in [7, 11) is 2.24. The van der Waals surface area contributed by atoms with Gasteiger partial charge in [0, 0.05) is 28.4 Å². The average Bonchev–Trinajstić information content (AvgIpc) is 3.35. The van der Waals surface area contributed by atoms with Gasteiger partial charge < -0.3 is 15.3 Å². The number of aromatic nitrogens is 2. The summed E-state index contributed by atoms with van der Waals surface area (Å²) in [5.41, 5.74) is 3.81. The Morgan fingerprint density at radius 2 is 2.00 bits per heavy atom. The highest BCUT2D eigenvalue weighted by Gasteiger charge is 2.36. The number of nitrogens with zero attached hydrogens (tertiary/aromatic N) is 2. The monoisotopic (exact) mass is 440 g/mol. The summed E-state index contributed by atoms with van der Waals surface area (Å²) in [6, 6.07) is 9.82. The van der Waals surface area contributed by atoms with Gasteiger partial charge in [-0.3, -0.25) is 14.7 Å². The maximum absolute atomic E-state index is 13.0. The van der Waals surface area contributed by atoms with E-state index in [2.05, 4.69) is 58.0 Å². The molecule has 31 heavy (non-hydrogen) atoms. The fourth-order valence-corrected chi connectivity index (χ4v) is 5.81. The van der Waals surface area contributed by atoms with E-state index in [-0.39, 0.29) is 18.4 Å². The van der Waals surface area contributed by atoms with E-state index in [0.717, 1.165) is 29.3 Å². The largest absolute Gasteiger partial charge is 0.483 e. The number of rotatable bonds is 3. The molecular formula is C23H28N4O3S. The second-order valence-electron chi connectivity index (χ2n) is 8.47. The third-order valence-electron chi connectivity index (χ3n) is 6.47. The van der Waals surface area contributed by atoms with E-state index in [4.69, 9.17) is 9.90 Å². The first-order chi connectivity index (χ1) is 15.0. The predicted molar refractivity (Wildman–Crippen MR) is 123 cm³/mol. The summed E-state index contributed by atoms with van der Waals surface area (Å²) < 4.78 is 0. The molecule has 1 amide bonds. The van der Waals surface area contributed by atoms with Crippen molar-refractivity contribution in [3.63, 3.8) is 0 Å². The van der Waals surface area contributed by atoms with Crippen molar-refractivity contribution in [3.05, 3.63) is 40.9 Å². The third-order valence-corrected chi connectivity index (χ3v) is 7.57. The Kier molecular flexibility index (Phi) is 6.38. The van der Waals surface area contributed by atoms with E-state index in [9.17, 15) is 4.79 Å². The van der Waals surface area contributed by atoms with Gasteiger partial charge in [-0.1, -0.05) is 12.5 Å². The molecule has 7 nitrogen and oxygen atoms in total. The number of aryl methyl sites for hydroxylation is 1. The molecule has 4 heterocycles. The number of piperidine rings is 2. The summed E-state index contributed by atoms with van der Waals surface area (Å²) in [4.78, 5) is 25.1. The number of amides is 1. The SMILES string of the molecule is Cc1csc(-c2ccc3[nH]nc(C(=O)NC4CC5CCCC(C4)N5C)c3c2)c1.O=CO. The standard InChI is InChI=1S/C22H26N4OS.CH2O2/c1-13-8-20(28-12-13)14-6-7-19-18(9-14)21(25-24-19)22(27)23-15-10-16-4-3-5-17(11-15)26(16)2;2-1-3/h6-9,12,15-17H,3-5,10-11H2,1-2H3,(H,23,27)(H,24,25);1H,(H,2,3). The van der Waals surface area contributed by atoms with Gasteiger partial charge in [0.25, 0.3) is 12.4 Å². The molecule has 3 aromatic rings. The molecule has 2 saturated heterocycles. The number of aromatic amines is 1. The van der Waals surface area contributed by atoms with E-state index >= 15 is 0 Å². The Bertz CT molecular complexity index is 1060. The van der Waals surface area contributed by atoms with Crippen molar-refractivity contribution in [3.8, 4) is 10.4 Å². The van der Waals surface area contributed by atoms with Gasteiger partial charge >= 0.3 is 0 Å². The van der Waals surface area contributed by atoms with Crippen LogP contribution in [0, 0.1) is 6.92 Å². The molecule has 3 N–H and O–H groups in total. The Labute approximate surface area is 185 Å². The first kappa shape index (κ1) is 21.5. The lowest BCUT2D eigenvalue weighted by Gasteiger charge is -2.47. The lowest BCUT2D eigenvalue weighted by molar-refractivity contribution is -0.122. The van der Waals surface area contributed by atoms with Crippen molar-refractivity contribution in [2.75, 3.05) is 7.05 Å². The van der Waals surface area contributed by atoms with Crippen molar-refractivity contribution in [1.29, 1.82) is 0 Å². The molecule has 2 aliphatic rings. The Balaban J connectivity index is 0.000000730. The second kappa shape index (κ2) is 9.20. The molecule has 2 unspecified atom stereocenters. The highest BCUT2D eigenvalue weighted by Crippen LogP contribution is 2.33. The summed E-state index contributed by atoms with van der Waals surface area (Å²) in [5.74, 6) is -0.0570. The molecule has 2 fully saturated rings. The van der Waals surface area contributed by atoms with Gasteiger partial charge in [0.2, 0.25) is 0 Å². The van der Waals surface area contributed by atoms with Crippen LogP contribution in [0.4, 0.5) is 0 Å². The number of benzene rings is 1. The number of carbonyl (C=O) groups excluding carboxylic acids is 1. The van der Waals surface area contributed by atoms with Crippen LogP contribution in [0.3, 0.4) is 0 Å². The fraction of sp³-hybridized carbons (Fsp3) is 0.435. The second-order valence-corrected chi connectivity index (χ2v) is 9.38. The summed E-state index contributed by atoms with van der Waals surface area (Å²) in [6.45, 7) is 1.85. The van der Waals surface area contributed by atoms with Crippen LogP contribution in [0.25, 0.3) is 21.3 Å². The lowest BCUT2D eigenvalue weighted by atomic mass is 9.82. The van der Waals surface area contributed by atoms with Crippen LogP contribution < -0.4 is 5.32 Å². The molecule has 2 aromatic heterocycles. The molecule has 0 spiro atoms. The van der Waals surface area contributed by atoms with Crippen molar-refractivity contribution < 1.29 is 14.7 Å². The minimum absolute atomic E-state index is 0.0570. The number of H-pyrrole nitrogens is 1. The zero-order chi connectivity index (χ0) is 22.0. The van der Waals surface area contributed by atoms with Crippen LogP contribution in [-0.4, -0.2) is 57.8 Å². The van der Waals surface area contributed by atoms with Crippen molar-refractivity contribution in [1.82, 2.24) is 20.4 Å². The third kappa shape index (κ3) is 4.50. The quantitative estimate of drug-likeness (QED) is 0.534. The average molecular weight is 441 g/mol. The van der Waals surface area contributed by atoms with Gasteiger partial charge in [-0.05, 0) is 74.4 Å². The molecule has 164 valence electrons. The highest BCUT2D eigenvalue weighted by molar-refractivity contribution is 7.13. The van der Waals surface area contributed by atoms with Gasteiger partial charge in [-0.15, -0.1) is 11.3 Å². The summed E-state index contributed by atoms with van der Waals surface area (Å²) >= 11 is 1.73. The number of hydrogen-bond acceptors (Lipinski definition) is 5. The summed E-state index contributed by atoms with van der Waals surface area (Å²) in [5, 5.41) is 20.6.